The zero-order valence-corrected chi connectivity index (χ0v) is 12.6. The van der Waals surface area contributed by atoms with Crippen molar-refractivity contribution in [1.82, 2.24) is 4.98 Å². The highest BCUT2D eigenvalue weighted by molar-refractivity contribution is 6.42. The summed E-state index contributed by atoms with van der Waals surface area (Å²) in [5.41, 5.74) is 9.09. The average Bonchev–Trinajstić information content (AvgIpc) is 2.57. The van der Waals surface area contributed by atoms with Gasteiger partial charge in [-0.3, -0.25) is 4.98 Å². The van der Waals surface area contributed by atoms with Gasteiger partial charge in [-0.1, -0.05) is 6.07 Å². The fourth-order valence-corrected chi connectivity index (χ4v) is 2.08. The van der Waals surface area contributed by atoms with Crippen LogP contribution in [0.15, 0.2) is 36.5 Å². The SMILES string of the molecule is CCOC(=O)C(=[N+]=[N-])c1ccc(OC)c(F)c1-c1ccccn1. The summed E-state index contributed by atoms with van der Waals surface area (Å²) in [5.74, 6) is -1.60. The monoisotopic (exact) mass is 315 g/mol. The Morgan fingerprint density at radius 1 is 1.35 bits per heavy atom. The molecule has 0 aliphatic carbocycles. The summed E-state index contributed by atoms with van der Waals surface area (Å²) in [7, 11) is 1.33. The predicted molar refractivity (Wildman–Crippen MR) is 80.5 cm³/mol. The lowest BCUT2D eigenvalue weighted by Gasteiger charge is -2.10. The van der Waals surface area contributed by atoms with Crippen LogP contribution in [0, 0.1) is 5.82 Å². The van der Waals surface area contributed by atoms with Crippen LogP contribution in [-0.4, -0.2) is 35.2 Å². The van der Waals surface area contributed by atoms with E-state index in [2.05, 4.69) is 9.77 Å². The molecular weight excluding hydrogens is 301 g/mol. The third kappa shape index (κ3) is 3.25. The highest BCUT2D eigenvalue weighted by Crippen LogP contribution is 2.31. The predicted octanol–water partition coefficient (Wildman–Crippen LogP) is 2.48. The third-order valence-electron chi connectivity index (χ3n) is 3.07. The van der Waals surface area contributed by atoms with E-state index in [1.807, 2.05) is 0 Å². The van der Waals surface area contributed by atoms with Crippen molar-refractivity contribution in [1.29, 1.82) is 0 Å². The molecule has 0 spiro atoms. The van der Waals surface area contributed by atoms with E-state index in [0.29, 0.717) is 0 Å². The largest absolute Gasteiger partial charge is 0.494 e. The topological polar surface area (TPSA) is 84.8 Å². The Kier molecular flexibility index (Phi) is 5.17. The number of ether oxygens (including phenoxy) is 2. The zero-order valence-electron chi connectivity index (χ0n) is 12.6. The molecule has 2 rings (SSSR count). The molecule has 0 N–H and O–H groups in total. The Morgan fingerprint density at radius 3 is 2.70 bits per heavy atom. The molecule has 0 saturated heterocycles. The molecule has 0 atom stereocenters. The van der Waals surface area contributed by atoms with E-state index in [1.54, 1.807) is 25.1 Å². The van der Waals surface area contributed by atoms with Gasteiger partial charge in [-0.2, -0.15) is 4.79 Å². The van der Waals surface area contributed by atoms with Gasteiger partial charge in [0.2, 0.25) is 0 Å². The highest BCUT2D eigenvalue weighted by atomic mass is 19.1. The van der Waals surface area contributed by atoms with Crippen LogP contribution in [0.4, 0.5) is 4.39 Å². The van der Waals surface area contributed by atoms with E-state index < -0.39 is 17.5 Å². The second-order valence-electron chi connectivity index (χ2n) is 4.39. The summed E-state index contributed by atoms with van der Waals surface area (Å²) < 4.78 is 24.5. The lowest BCUT2D eigenvalue weighted by molar-refractivity contribution is -0.139. The van der Waals surface area contributed by atoms with Gasteiger partial charge in [0.25, 0.3) is 0 Å². The highest BCUT2D eigenvalue weighted by Gasteiger charge is 2.31. The molecule has 0 unspecified atom stereocenters. The van der Waals surface area contributed by atoms with Crippen LogP contribution in [0.5, 0.6) is 5.75 Å². The summed E-state index contributed by atoms with van der Waals surface area (Å²) in [6, 6.07) is 7.67. The maximum Gasteiger partial charge on any atom is 0.422 e. The quantitative estimate of drug-likeness (QED) is 0.367. The van der Waals surface area contributed by atoms with Gasteiger partial charge in [0, 0.05) is 6.20 Å². The number of carbonyl (C=O) groups excluding carboxylic acids is 1. The van der Waals surface area contributed by atoms with Gasteiger partial charge >= 0.3 is 11.7 Å². The van der Waals surface area contributed by atoms with Crippen molar-refractivity contribution in [3.8, 4) is 17.0 Å². The molecule has 0 saturated carbocycles. The number of benzene rings is 1. The molecule has 1 heterocycles. The number of rotatable bonds is 5. The van der Waals surface area contributed by atoms with E-state index in [0.717, 1.165) is 0 Å². The number of hydrogen-bond acceptors (Lipinski definition) is 4. The molecule has 0 radical (unpaired) electrons. The van der Waals surface area contributed by atoms with E-state index in [4.69, 9.17) is 9.47 Å². The molecule has 1 aromatic carbocycles. The van der Waals surface area contributed by atoms with Crippen LogP contribution < -0.4 is 4.74 Å². The summed E-state index contributed by atoms with van der Waals surface area (Å²) in [6.07, 6.45) is 1.48. The summed E-state index contributed by atoms with van der Waals surface area (Å²) in [6.45, 7) is 1.70. The summed E-state index contributed by atoms with van der Waals surface area (Å²) in [4.78, 5) is 19.0. The third-order valence-corrected chi connectivity index (χ3v) is 3.07. The van der Waals surface area contributed by atoms with Gasteiger partial charge < -0.3 is 15.0 Å². The molecule has 23 heavy (non-hydrogen) atoms. The lowest BCUT2D eigenvalue weighted by atomic mass is 9.98. The number of esters is 1. The first-order valence-electron chi connectivity index (χ1n) is 6.81. The minimum absolute atomic E-state index is 0.00852. The molecule has 1 aromatic heterocycles. The molecule has 0 aliphatic rings. The van der Waals surface area contributed by atoms with Gasteiger partial charge in [-0.25, -0.2) is 9.18 Å². The van der Waals surface area contributed by atoms with Gasteiger partial charge in [0.05, 0.1) is 30.5 Å². The first kappa shape index (κ1) is 16.3. The van der Waals surface area contributed by atoms with E-state index in [-0.39, 0.29) is 29.2 Å². The normalized spacial score (nSPS) is 9.87. The molecule has 0 aliphatic heterocycles. The Morgan fingerprint density at radius 2 is 2.13 bits per heavy atom. The second-order valence-corrected chi connectivity index (χ2v) is 4.39. The zero-order chi connectivity index (χ0) is 16.8. The molecular formula is C16H14FN3O3. The Balaban J connectivity index is 2.72. The Bertz CT molecular complexity index is 772. The van der Waals surface area contributed by atoms with Crippen LogP contribution in [0.3, 0.4) is 0 Å². The van der Waals surface area contributed by atoms with Crippen molar-refractivity contribution in [2.75, 3.05) is 13.7 Å². The molecule has 0 bridgehead atoms. The van der Waals surface area contributed by atoms with Crippen molar-refractivity contribution in [2.45, 2.75) is 6.92 Å². The summed E-state index contributed by atoms with van der Waals surface area (Å²) in [5, 5.41) is 0. The van der Waals surface area contributed by atoms with Gasteiger partial charge in [0.15, 0.2) is 11.6 Å². The minimum atomic E-state index is -0.864. The van der Waals surface area contributed by atoms with Crippen LogP contribution in [0.25, 0.3) is 16.8 Å². The van der Waals surface area contributed by atoms with E-state index in [9.17, 15) is 14.7 Å². The van der Waals surface area contributed by atoms with Crippen LogP contribution in [0.1, 0.15) is 12.5 Å². The van der Waals surface area contributed by atoms with Crippen LogP contribution in [-0.2, 0) is 9.53 Å². The number of halogens is 1. The smallest absolute Gasteiger partial charge is 0.422 e. The molecule has 118 valence electrons. The second kappa shape index (κ2) is 7.29. The number of hydrogen-bond donors (Lipinski definition) is 0. The number of nitrogens with zero attached hydrogens (tertiary/aromatic N) is 3. The van der Waals surface area contributed by atoms with Crippen molar-refractivity contribution < 1.29 is 23.4 Å². The maximum absolute atomic E-state index is 14.7. The lowest BCUT2D eigenvalue weighted by Crippen LogP contribution is -2.21. The molecule has 6 nitrogen and oxygen atoms in total. The first-order chi connectivity index (χ1) is 11.1. The van der Waals surface area contributed by atoms with Crippen molar-refractivity contribution in [3.05, 3.63) is 53.4 Å². The molecule has 7 heteroatoms. The Labute approximate surface area is 132 Å². The van der Waals surface area contributed by atoms with Gasteiger partial charge in [-0.15, -0.1) is 0 Å². The maximum atomic E-state index is 14.7. The number of methoxy groups -OCH3 is 1. The van der Waals surface area contributed by atoms with Crippen LogP contribution >= 0.6 is 0 Å². The molecule has 2 aromatic rings. The average molecular weight is 315 g/mol. The van der Waals surface area contributed by atoms with E-state index in [1.165, 1.54) is 25.4 Å². The van der Waals surface area contributed by atoms with Gasteiger partial charge in [0.1, 0.15) is 0 Å². The number of carbonyl (C=O) groups is 1. The fourth-order valence-electron chi connectivity index (χ4n) is 2.08. The minimum Gasteiger partial charge on any atom is -0.494 e. The fraction of sp³-hybridized carbons (Fsp3) is 0.188. The first-order valence-corrected chi connectivity index (χ1v) is 6.81. The molecule has 0 fully saturated rings. The standard InChI is InChI=1S/C16H14FN3O3/c1-3-23-16(21)15(20-18)10-7-8-12(22-2)14(17)13(10)11-6-4-5-9-19-11/h4-9H,3H2,1-2H3. The number of pyridine rings is 1. The number of aromatic nitrogens is 1. The Hall–Kier alpha value is -3.05. The molecule has 0 amide bonds. The van der Waals surface area contributed by atoms with Crippen molar-refractivity contribution >= 4 is 11.7 Å². The summed E-state index contributed by atoms with van der Waals surface area (Å²) >= 11 is 0. The van der Waals surface area contributed by atoms with Crippen molar-refractivity contribution in [3.63, 3.8) is 0 Å². The van der Waals surface area contributed by atoms with Crippen LogP contribution in [0.2, 0.25) is 0 Å². The van der Waals surface area contributed by atoms with Gasteiger partial charge in [-0.05, 0) is 31.2 Å². The van der Waals surface area contributed by atoms with E-state index >= 15 is 0 Å². The van der Waals surface area contributed by atoms with Crippen molar-refractivity contribution in [2.24, 2.45) is 0 Å².